The van der Waals surface area contributed by atoms with Crippen LogP contribution >= 0.6 is 0 Å². The van der Waals surface area contributed by atoms with Crippen molar-refractivity contribution in [3.05, 3.63) is 29.8 Å². The van der Waals surface area contributed by atoms with Crippen molar-refractivity contribution in [1.29, 1.82) is 0 Å². The molecule has 19 heavy (non-hydrogen) atoms. The summed E-state index contributed by atoms with van der Waals surface area (Å²) in [6.07, 6.45) is -0.0527. The van der Waals surface area contributed by atoms with Gasteiger partial charge in [-0.1, -0.05) is 6.92 Å². The Bertz CT molecular complexity index is 441. The number of hydrogen-bond donors (Lipinski definition) is 2. The molecule has 1 aromatic carbocycles. The summed E-state index contributed by atoms with van der Waals surface area (Å²) in [5.74, 6) is -0.749. The molecule has 1 amide bonds. The smallest absolute Gasteiger partial charge is 0.344 e. The van der Waals surface area contributed by atoms with Crippen molar-refractivity contribution >= 4 is 11.9 Å². The fourth-order valence-corrected chi connectivity index (χ4v) is 1.35. The van der Waals surface area contributed by atoms with Crippen LogP contribution in [0.1, 0.15) is 37.6 Å². The monoisotopic (exact) mass is 265 g/mol. The van der Waals surface area contributed by atoms with E-state index >= 15 is 0 Å². The van der Waals surface area contributed by atoms with Crippen molar-refractivity contribution in [2.45, 2.75) is 39.3 Å². The number of carboxylic acid groups (broad SMARTS) is 1. The number of rotatable bonds is 6. The van der Waals surface area contributed by atoms with Crippen LogP contribution in [0.5, 0.6) is 5.75 Å². The molecule has 2 unspecified atom stereocenters. The maximum Gasteiger partial charge on any atom is 0.344 e. The number of amides is 1. The lowest BCUT2D eigenvalue weighted by Crippen LogP contribution is -2.31. The van der Waals surface area contributed by atoms with E-state index in [9.17, 15) is 9.59 Å². The van der Waals surface area contributed by atoms with E-state index in [-0.39, 0.29) is 11.9 Å². The highest BCUT2D eigenvalue weighted by atomic mass is 16.5. The molecule has 0 heterocycles. The van der Waals surface area contributed by atoms with Gasteiger partial charge in [-0.05, 0) is 44.5 Å². The van der Waals surface area contributed by atoms with E-state index in [4.69, 9.17) is 9.84 Å². The molecule has 0 bridgehead atoms. The van der Waals surface area contributed by atoms with Crippen LogP contribution in [-0.4, -0.2) is 29.1 Å². The van der Waals surface area contributed by atoms with Crippen LogP contribution in [0.15, 0.2) is 24.3 Å². The van der Waals surface area contributed by atoms with Gasteiger partial charge in [-0.25, -0.2) is 4.79 Å². The Hall–Kier alpha value is -2.04. The molecule has 2 N–H and O–H groups in total. The van der Waals surface area contributed by atoms with E-state index in [0.29, 0.717) is 11.3 Å². The molecule has 0 spiro atoms. The van der Waals surface area contributed by atoms with E-state index in [1.807, 2.05) is 13.8 Å². The highest BCUT2D eigenvalue weighted by Crippen LogP contribution is 2.14. The molecule has 1 rings (SSSR count). The van der Waals surface area contributed by atoms with Crippen LogP contribution in [-0.2, 0) is 4.79 Å². The highest BCUT2D eigenvalue weighted by Gasteiger charge is 2.13. The molecule has 0 aliphatic heterocycles. The summed E-state index contributed by atoms with van der Waals surface area (Å²) in [5.41, 5.74) is 0.524. The zero-order valence-electron chi connectivity index (χ0n) is 11.3. The second-order valence-corrected chi connectivity index (χ2v) is 4.41. The number of carbonyl (C=O) groups excluding carboxylic acids is 1. The van der Waals surface area contributed by atoms with Crippen molar-refractivity contribution in [2.75, 3.05) is 0 Å². The van der Waals surface area contributed by atoms with Gasteiger partial charge in [0, 0.05) is 11.6 Å². The van der Waals surface area contributed by atoms with E-state index in [0.717, 1.165) is 6.42 Å². The summed E-state index contributed by atoms with van der Waals surface area (Å²) in [4.78, 5) is 22.5. The van der Waals surface area contributed by atoms with Gasteiger partial charge >= 0.3 is 5.97 Å². The molecule has 1 aromatic rings. The lowest BCUT2D eigenvalue weighted by Gasteiger charge is -2.13. The average molecular weight is 265 g/mol. The number of ether oxygens (including phenoxy) is 1. The van der Waals surface area contributed by atoms with E-state index < -0.39 is 12.1 Å². The van der Waals surface area contributed by atoms with E-state index in [1.54, 1.807) is 24.3 Å². The van der Waals surface area contributed by atoms with Crippen LogP contribution in [0.3, 0.4) is 0 Å². The number of nitrogens with one attached hydrogen (secondary N) is 1. The first-order valence-electron chi connectivity index (χ1n) is 6.24. The maximum absolute atomic E-state index is 11.8. The minimum Gasteiger partial charge on any atom is -0.479 e. The SMILES string of the molecule is CCC(C)NC(=O)c1ccc(OC(C)C(=O)O)cc1. The lowest BCUT2D eigenvalue weighted by atomic mass is 10.2. The minimum absolute atomic E-state index is 0.121. The van der Waals surface area contributed by atoms with Gasteiger partial charge in [-0.15, -0.1) is 0 Å². The Labute approximate surface area is 112 Å². The van der Waals surface area contributed by atoms with Gasteiger partial charge in [0.05, 0.1) is 0 Å². The number of benzene rings is 1. The summed E-state index contributed by atoms with van der Waals surface area (Å²) in [5, 5.41) is 11.6. The van der Waals surface area contributed by atoms with Crippen LogP contribution in [0.4, 0.5) is 0 Å². The van der Waals surface area contributed by atoms with Crippen molar-refractivity contribution in [3.63, 3.8) is 0 Å². The van der Waals surface area contributed by atoms with E-state index in [1.165, 1.54) is 6.92 Å². The third kappa shape index (κ3) is 4.62. The Morgan fingerprint density at radius 1 is 1.26 bits per heavy atom. The fourth-order valence-electron chi connectivity index (χ4n) is 1.35. The van der Waals surface area contributed by atoms with Crippen LogP contribution in [0, 0.1) is 0 Å². The van der Waals surface area contributed by atoms with E-state index in [2.05, 4.69) is 5.32 Å². The van der Waals surface area contributed by atoms with Gasteiger partial charge in [0.2, 0.25) is 0 Å². The summed E-state index contributed by atoms with van der Waals surface area (Å²) in [6, 6.07) is 6.52. The first kappa shape index (κ1) is 15.0. The van der Waals surface area contributed by atoms with Crippen molar-refractivity contribution in [1.82, 2.24) is 5.32 Å². The first-order valence-corrected chi connectivity index (χ1v) is 6.24. The third-order valence-electron chi connectivity index (χ3n) is 2.77. The molecular weight excluding hydrogens is 246 g/mol. The summed E-state index contributed by atoms with van der Waals surface area (Å²) in [6.45, 7) is 5.38. The fraction of sp³-hybridized carbons (Fsp3) is 0.429. The molecule has 104 valence electrons. The Kier molecular flexibility index (Phi) is 5.36. The molecule has 0 fully saturated rings. The molecule has 2 atom stereocenters. The third-order valence-corrected chi connectivity index (χ3v) is 2.77. The second-order valence-electron chi connectivity index (χ2n) is 4.41. The normalized spacial score (nSPS) is 13.4. The molecule has 0 aliphatic carbocycles. The second kappa shape index (κ2) is 6.78. The van der Waals surface area contributed by atoms with Gasteiger partial charge < -0.3 is 15.2 Å². The van der Waals surface area contributed by atoms with Crippen LogP contribution in [0.25, 0.3) is 0 Å². The topological polar surface area (TPSA) is 75.6 Å². The standard InChI is InChI=1S/C14H19NO4/c1-4-9(2)15-13(16)11-5-7-12(8-6-11)19-10(3)14(17)18/h5-10H,4H2,1-3H3,(H,15,16)(H,17,18). The van der Waals surface area contributed by atoms with Crippen molar-refractivity contribution < 1.29 is 19.4 Å². The average Bonchev–Trinajstić information content (AvgIpc) is 2.39. The van der Waals surface area contributed by atoms with Gasteiger partial charge in [0.15, 0.2) is 6.10 Å². The van der Waals surface area contributed by atoms with Gasteiger partial charge in [-0.3, -0.25) is 4.79 Å². The minimum atomic E-state index is -1.03. The molecule has 0 radical (unpaired) electrons. The molecule has 0 saturated heterocycles. The highest BCUT2D eigenvalue weighted by molar-refractivity contribution is 5.94. The zero-order chi connectivity index (χ0) is 14.4. The zero-order valence-corrected chi connectivity index (χ0v) is 11.3. The van der Waals surface area contributed by atoms with Crippen LogP contribution in [0.2, 0.25) is 0 Å². The number of carboxylic acids is 1. The van der Waals surface area contributed by atoms with Crippen LogP contribution < -0.4 is 10.1 Å². The molecule has 0 saturated carbocycles. The summed E-state index contributed by atoms with van der Waals surface area (Å²) >= 11 is 0. The van der Waals surface area contributed by atoms with Crippen molar-refractivity contribution in [3.8, 4) is 5.75 Å². The number of hydrogen-bond acceptors (Lipinski definition) is 3. The maximum atomic E-state index is 11.8. The molecular formula is C14H19NO4. The van der Waals surface area contributed by atoms with Gasteiger partial charge in [0.1, 0.15) is 5.75 Å². The molecule has 0 aliphatic rings. The Morgan fingerprint density at radius 2 is 1.84 bits per heavy atom. The molecule has 5 nitrogen and oxygen atoms in total. The van der Waals surface area contributed by atoms with Crippen molar-refractivity contribution in [2.24, 2.45) is 0 Å². The number of carbonyl (C=O) groups is 2. The number of aliphatic carboxylic acids is 1. The molecule has 5 heteroatoms. The van der Waals surface area contributed by atoms with Gasteiger partial charge in [-0.2, -0.15) is 0 Å². The predicted octanol–water partition coefficient (Wildman–Crippen LogP) is 2.07. The quantitative estimate of drug-likeness (QED) is 0.825. The Balaban J connectivity index is 2.66. The lowest BCUT2D eigenvalue weighted by molar-refractivity contribution is -0.144. The first-order chi connectivity index (χ1) is 8.93. The summed E-state index contributed by atoms with van der Waals surface area (Å²) < 4.78 is 5.18. The van der Waals surface area contributed by atoms with Gasteiger partial charge in [0.25, 0.3) is 5.91 Å². The largest absolute Gasteiger partial charge is 0.479 e. The molecule has 0 aromatic heterocycles. The Morgan fingerprint density at radius 3 is 2.32 bits per heavy atom. The predicted molar refractivity (Wildman–Crippen MR) is 71.4 cm³/mol. The summed E-state index contributed by atoms with van der Waals surface area (Å²) in [7, 11) is 0.